The molecule has 4 heterocycles. The predicted molar refractivity (Wildman–Crippen MR) is 128 cm³/mol. The van der Waals surface area contributed by atoms with Crippen molar-refractivity contribution in [3.8, 4) is 5.88 Å². The number of hydrogen-bond acceptors (Lipinski definition) is 9. The summed E-state index contributed by atoms with van der Waals surface area (Å²) in [7, 11) is -3.23. The van der Waals surface area contributed by atoms with Crippen LogP contribution in [0.25, 0.3) is 0 Å². The van der Waals surface area contributed by atoms with Crippen LogP contribution in [0.3, 0.4) is 0 Å². The van der Waals surface area contributed by atoms with Crippen LogP contribution in [0, 0.1) is 0 Å². The highest BCUT2D eigenvalue weighted by atomic mass is 79.9. The summed E-state index contributed by atoms with van der Waals surface area (Å²) in [6, 6.07) is 7.10. The second-order valence-electron chi connectivity index (χ2n) is 8.18. The largest absolute Gasteiger partial charge is 0.474 e. The Morgan fingerprint density at radius 2 is 1.79 bits per heavy atom. The fourth-order valence-electron chi connectivity index (χ4n) is 4.20. The molecule has 0 bridgehead atoms. The molecule has 1 saturated heterocycles. The maximum Gasteiger partial charge on any atom is 0.225 e. The number of benzene rings is 1. The van der Waals surface area contributed by atoms with E-state index < -0.39 is 9.84 Å². The zero-order valence-corrected chi connectivity index (χ0v) is 20.5. The van der Waals surface area contributed by atoms with E-state index in [1.165, 1.54) is 12.6 Å². The molecular formula is C22H23BrN6O3S. The van der Waals surface area contributed by atoms with Crippen molar-refractivity contribution in [1.82, 2.24) is 19.9 Å². The van der Waals surface area contributed by atoms with Crippen LogP contribution in [0.4, 0.5) is 17.5 Å². The van der Waals surface area contributed by atoms with E-state index in [1.807, 2.05) is 12.1 Å². The number of nitrogens with zero attached hydrogens (tertiary/aromatic N) is 6. The SMILES string of the molecule is CS(=O)(=O)c1ccc2c(c1)CCN2c1cc(OC2CCN(c3ncc(Br)cn3)CC2)ncn1. The lowest BCUT2D eigenvalue weighted by molar-refractivity contribution is 0.163. The first kappa shape index (κ1) is 22.0. The molecule has 33 heavy (non-hydrogen) atoms. The van der Waals surface area contributed by atoms with Gasteiger partial charge in [-0.25, -0.2) is 28.4 Å². The minimum absolute atomic E-state index is 0.0580. The van der Waals surface area contributed by atoms with Gasteiger partial charge < -0.3 is 14.5 Å². The van der Waals surface area contributed by atoms with Crippen molar-refractivity contribution >= 4 is 43.2 Å². The third kappa shape index (κ3) is 4.79. The minimum atomic E-state index is -3.23. The molecule has 1 fully saturated rings. The fourth-order valence-corrected chi connectivity index (χ4v) is 5.08. The number of fused-ring (bicyclic) bond motifs is 1. The number of rotatable bonds is 5. The zero-order valence-electron chi connectivity index (χ0n) is 18.1. The van der Waals surface area contributed by atoms with Gasteiger partial charge >= 0.3 is 0 Å². The summed E-state index contributed by atoms with van der Waals surface area (Å²) in [5.41, 5.74) is 1.97. The normalized spacial score (nSPS) is 16.7. The summed E-state index contributed by atoms with van der Waals surface area (Å²) in [4.78, 5) is 22.1. The Labute approximate surface area is 200 Å². The van der Waals surface area contributed by atoms with Crippen LogP contribution in [-0.4, -0.2) is 60.3 Å². The molecule has 172 valence electrons. The molecule has 1 aromatic carbocycles. The zero-order chi connectivity index (χ0) is 23.0. The van der Waals surface area contributed by atoms with Crippen molar-refractivity contribution in [3.05, 3.63) is 53.0 Å². The Kier molecular flexibility index (Phi) is 5.92. The monoisotopic (exact) mass is 530 g/mol. The fraction of sp³-hybridized carbons (Fsp3) is 0.364. The maximum absolute atomic E-state index is 11.9. The summed E-state index contributed by atoms with van der Waals surface area (Å²) in [5.74, 6) is 2.01. The van der Waals surface area contributed by atoms with Gasteiger partial charge in [-0.15, -0.1) is 0 Å². The molecule has 0 aliphatic carbocycles. The van der Waals surface area contributed by atoms with Gasteiger partial charge in [-0.3, -0.25) is 0 Å². The Bertz CT molecular complexity index is 1260. The first-order valence-corrected chi connectivity index (χ1v) is 13.4. The average Bonchev–Trinajstić information content (AvgIpc) is 3.23. The van der Waals surface area contributed by atoms with Gasteiger partial charge in [0.05, 0.1) is 9.37 Å². The van der Waals surface area contributed by atoms with Crippen LogP contribution >= 0.6 is 15.9 Å². The Morgan fingerprint density at radius 1 is 1.03 bits per heavy atom. The smallest absolute Gasteiger partial charge is 0.225 e. The van der Waals surface area contributed by atoms with Gasteiger partial charge in [-0.05, 0) is 46.1 Å². The molecular weight excluding hydrogens is 508 g/mol. The van der Waals surface area contributed by atoms with Gasteiger partial charge in [-0.1, -0.05) is 0 Å². The molecule has 2 aliphatic heterocycles. The quantitative estimate of drug-likeness (QED) is 0.491. The van der Waals surface area contributed by atoms with Crippen molar-refractivity contribution in [1.29, 1.82) is 0 Å². The standard InChI is InChI=1S/C22H23BrN6O3S/c1-33(30,31)18-2-3-19-15(10-18)4-9-29(19)20-11-21(27-14-26-20)32-17-5-7-28(8-6-17)22-24-12-16(23)13-25-22/h2-3,10-14,17H,4-9H2,1H3. The topological polar surface area (TPSA) is 101 Å². The van der Waals surface area contributed by atoms with Crippen LogP contribution in [0.2, 0.25) is 0 Å². The number of ether oxygens (including phenoxy) is 1. The van der Waals surface area contributed by atoms with Crippen molar-refractivity contribution in [2.24, 2.45) is 0 Å². The molecule has 0 unspecified atom stereocenters. The van der Waals surface area contributed by atoms with Gasteiger partial charge in [-0.2, -0.15) is 0 Å². The van der Waals surface area contributed by atoms with E-state index in [2.05, 4.69) is 45.7 Å². The second-order valence-corrected chi connectivity index (χ2v) is 11.1. The van der Waals surface area contributed by atoms with Gasteiger partial charge in [0, 0.05) is 62.9 Å². The van der Waals surface area contributed by atoms with Crippen molar-refractivity contribution < 1.29 is 13.2 Å². The highest BCUT2D eigenvalue weighted by Gasteiger charge is 2.25. The van der Waals surface area contributed by atoms with Crippen LogP contribution in [0.15, 0.2) is 52.4 Å². The lowest BCUT2D eigenvalue weighted by Gasteiger charge is -2.31. The lowest BCUT2D eigenvalue weighted by atomic mass is 10.1. The van der Waals surface area contributed by atoms with Crippen LogP contribution in [0.5, 0.6) is 5.88 Å². The van der Waals surface area contributed by atoms with Crippen molar-refractivity contribution in [2.45, 2.75) is 30.3 Å². The Balaban J connectivity index is 1.25. The molecule has 0 N–H and O–H groups in total. The number of piperidine rings is 1. The molecule has 0 atom stereocenters. The molecule has 11 heteroatoms. The van der Waals surface area contributed by atoms with E-state index in [0.717, 1.165) is 66.4 Å². The highest BCUT2D eigenvalue weighted by Crippen LogP contribution is 2.35. The lowest BCUT2D eigenvalue weighted by Crippen LogP contribution is -2.39. The number of halogens is 1. The second kappa shape index (κ2) is 8.86. The maximum atomic E-state index is 11.9. The van der Waals surface area contributed by atoms with E-state index in [4.69, 9.17) is 4.74 Å². The molecule has 5 rings (SSSR count). The van der Waals surface area contributed by atoms with Crippen LogP contribution < -0.4 is 14.5 Å². The Hall–Kier alpha value is -2.79. The van der Waals surface area contributed by atoms with Crippen LogP contribution in [0.1, 0.15) is 18.4 Å². The Morgan fingerprint density at radius 3 is 2.52 bits per heavy atom. The molecule has 9 nitrogen and oxygen atoms in total. The van der Waals surface area contributed by atoms with Gasteiger partial charge in [0.25, 0.3) is 0 Å². The van der Waals surface area contributed by atoms with Gasteiger partial charge in [0.15, 0.2) is 9.84 Å². The third-order valence-corrected chi connectivity index (χ3v) is 7.42. The molecule has 0 saturated carbocycles. The molecule has 0 radical (unpaired) electrons. The third-order valence-electron chi connectivity index (χ3n) is 5.90. The van der Waals surface area contributed by atoms with Crippen LogP contribution in [-0.2, 0) is 16.3 Å². The first-order valence-electron chi connectivity index (χ1n) is 10.7. The summed E-state index contributed by atoms with van der Waals surface area (Å²) in [5, 5.41) is 0. The molecule has 0 spiro atoms. The molecule has 3 aromatic rings. The number of aromatic nitrogens is 4. The summed E-state index contributed by atoms with van der Waals surface area (Å²) in [6.45, 7) is 2.35. The van der Waals surface area contributed by atoms with E-state index in [-0.39, 0.29) is 6.10 Å². The minimum Gasteiger partial charge on any atom is -0.474 e. The summed E-state index contributed by atoms with van der Waals surface area (Å²) in [6.07, 6.45) is 8.76. The number of sulfone groups is 1. The summed E-state index contributed by atoms with van der Waals surface area (Å²) >= 11 is 3.36. The van der Waals surface area contributed by atoms with E-state index in [0.29, 0.717) is 10.8 Å². The average molecular weight is 531 g/mol. The van der Waals surface area contributed by atoms with E-state index in [1.54, 1.807) is 24.5 Å². The van der Waals surface area contributed by atoms with Crippen molar-refractivity contribution in [2.75, 3.05) is 35.7 Å². The molecule has 2 aromatic heterocycles. The van der Waals surface area contributed by atoms with Crippen molar-refractivity contribution in [3.63, 3.8) is 0 Å². The van der Waals surface area contributed by atoms with E-state index >= 15 is 0 Å². The first-order chi connectivity index (χ1) is 15.9. The van der Waals surface area contributed by atoms with Gasteiger partial charge in [0.1, 0.15) is 18.2 Å². The predicted octanol–water partition coefficient (Wildman–Crippen LogP) is 3.17. The molecule has 0 amide bonds. The highest BCUT2D eigenvalue weighted by molar-refractivity contribution is 9.10. The summed E-state index contributed by atoms with van der Waals surface area (Å²) < 4.78 is 30.8. The van der Waals surface area contributed by atoms with Gasteiger partial charge in [0.2, 0.25) is 11.8 Å². The number of anilines is 3. The number of hydrogen-bond donors (Lipinski definition) is 0. The van der Waals surface area contributed by atoms with E-state index in [9.17, 15) is 8.42 Å². The molecule has 2 aliphatic rings.